The Morgan fingerprint density at radius 3 is 2.06 bits per heavy atom. The number of amides is 1. The molecule has 0 fully saturated rings. The number of carbonyl (C=O) groups is 1. The van der Waals surface area contributed by atoms with Gasteiger partial charge >= 0.3 is 0 Å². The van der Waals surface area contributed by atoms with Crippen LogP contribution in [0.2, 0.25) is 0 Å². The molecule has 0 aliphatic rings. The van der Waals surface area contributed by atoms with Gasteiger partial charge in [-0.05, 0) is 105 Å². The highest BCUT2D eigenvalue weighted by Gasteiger charge is 2.17. The maximum absolute atomic E-state index is 12.8. The van der Waals surface area contributed by atoms with Crippen LogP contribution in [0.3, 0.4) is 0 Å². The van der Waals surface area contributed by atoms with E-state index < -0.39 is 10.0 Å². The molecule has 3 aromatic rings. The molecule has 3 rings (SSSR count). The van der Waals surface area contributed by atoms with Crippen molar-refractivity contribution < 1.29 is 17.9 Å². The molecule has 1 amide bonds. The molecule has 0 aromatic heterocycles. The number of carbonyl (C=O) groups excluding carboxylic acids is 1. The number of ether oxygens (including phenoxy) is 1. The quantitative estimate of drug-likeness (QED) is 0.527. The minimum Gasteiger partial charge on any atom is -0.483 e. The van der Waals surface area contributed by atoms with Crippen molar-refractivity contribution in [1.82, 2.24) is 0 Å². The molecule has 1 N–H and O–H groups in total. The minimum absolute atomic E-state index is 0.129. The van der Waals surface area contributed by atoms with Crippen LogP contribution in [0.15, 0.2) is 59.5 Å². The van der Waals surface area contributed by atoms with Gasteiger partial charge in [-0.2, -0.15) is 0 Å². The fourth-order valence-corrected chi connectivity index (χ4v) is 4.42. The Morgan fingerprint density at radius 1 is 0.818 bits per heavy atom. The number of aryl methyl sites for hydroxylation is 5. The predicted molar refractivity (Wildman–Crippen MR) is 133 cm³/mol. The third-order valence-electron chi connectivity index (χ3n) is 5.82. The molecule has 0 saturated heterocycles. The number of hydrogen-bond acceptors (Lipinski definition) is 4. The van der Waals surface area contributed by atoms with Crippen molar-refractivity contribution in [3.8, 4) is 5.75 Å². The third-order valence-corrected chi connectivity index (χ3v) is 7.20. The van der Waals surface area contributed by atoms with Gasteiger partial charge in [0.2, 0.25) is 0 Å². The molecule has 0 heterocycles. The van der Waals surface area contributed by atoms with Crippen molar-refractivity contribution in [3.63, 3.8) is 0 Å². The smallest absolute Gasteiger partial charge is 0.264 e. The molecule has 0 aliphatic carbocycles. The van der Waals surface area contributed by atoms with Crippen molar-refractivity contribution in [3.05, 3.63) is 82.4 Å². The van der Waals surface area contributed by atoms with E-state index in [4.69, 9.17) is 4.74 Å². The number of anilines is 2. The number of benzene rings is 3. The highest BCUT2D eigenvalue weighted by atomic mass is 32.2. The highest BCUT2D eigenvalue weighted by molar-refractivity contribution is 7.92. The maximum atomic E-state index is 12.8. The Labute approximate surface area is 196 Å². The molecule has 0 radical (unpaired) electrons. The second-order valence-corrected chi connectivity index (χ2v) is 10.0. The van der Waals surface area contributed by atoms with Crippen LogP contribution >= 0.6 is 0 Å². The van der Waals surface area contributed by atoms with Crippen molar-refractivity contribution in [1.29, 1.82) is 0 Å². The molecule has 6 nitrogen and oxygen atoms in total. The van der Waals surface area contributed by atoms with E-state index in [2.05, 4.69) is 4.72 Å². The molecule has 0 aliphatic heterocycles. The summed E-state index contributed by atoms with van der Waals surface area (Å²) in [6, 6.07) is 15.8. The van der Waals surface area contributed by atoms with E-state index in [9.17, 15) is 13.2 Å². The molecule has 0 atom stereocenters. The lowest BCUT2D eigenvalue weighted by Gasteiger charge is -2.19. The standard InChI is InChI=1S/C26H30N2O4S/c1-17-7-9-22(13-19(17)3)27-33(30,31)24-11-12-25(21(5)15-24)32-16-26(29)28(6)23-10-8-18(2)20(4)14-23/h7-15,27H,16H2,1-6H3. The zero-order valence-corrected chi connectivity index (χ0v) is 20.7. The molecular formula is C26H30N2O4S. The first-order chi connectivity index (χ1) is 15.5. The van der Waals surface area contributed by atoms with Crippen LogP contribution in [0.1, 0.15) is 27.8 Å². The van der Waals surface area contributed by atoms with E-state index in [0.29, 0.717) is 17.0 Å². The predicted octanol–water partition coefficient (Wildman–Crippen LogP) is 5.07. The minimum atomic E-state index is -3.75. The van der Waals surface area contributed by atoms with Gasteiger partial charge < -0.3 is 9.64 Å². The molecule has 33 heavy (non-hydrogen) atoms. The van der Waals surface area contributed by atoms with Gasteiger partial charge in [0, 0.05) is 18.4 Å². The van der Waals surface area contributed by atoms with Gasteiger partial charge in [0.25, 0.3) is 15.9 Å². The fourth-order valence-electron chi connectivity index (χ4n) is 3.28. The van der Waals surface area contributed by atoms with E-state index in [0.717, 1.165) is 27.9 Å². The lowest BCUT2D eigenvalue weighted by Crippen LogP contribution is -2.31. The van der Waals surface area contributed by atoms with Crippen LogP contribution in [-0.4, -0.2) is 28.0 Å². The SMILES string of the molecule is Cc1ccc(NS(=O)(=O)c2ccc(OCC(=O)N(C)c3ccc(C)c(C)c3)c(C)c2)cc1C. The summed E-state index contributed by atoms with van der Waals surface area (Å²) in [7, 11) is -2.05. The number of hydrogen-bond donors (Lipinski definition) is 1. The maximum Gasteiger partial charge on any atom is 0.264 e. The van der Waals surface area contributed by atoms with Gasteiger partial charge in [-0.25, -0.2) is 8.42 Å². The normalized spacial score (nSPS) is 11.2. The van der Waals surface area contributed by atoms with Crippen molar-refractivity contribution in [2.24, 2.45) is 0 Å². The molecule has 3 aromatic carbocycles. The first kappa shape index (κ1) is 24.3. The van der Waals surface area contributed by atoms with Crippen molar-refractivity contribution in [2.45, 2.75) is 39.5 Å². The Kier molecular flexibility index (Phi) is 7.12. The Bertz CT molecular complexity index is 1300. The van der Waals surface area contributed by atoms with E-state index in [-0.39, 0.29) is 17.4 Å². The van der Waals surface area contributed by atoms with E-state index >= 15 is 0 Å². The number of nitrogens with one attached hydrogen (secondary N) is 1. The topological polar surface area (TPSA) is 75.7 Å². The largest absolute Gasteiger partial charge is 0.483 e. The number of nitrogens with zero attached hydrogens (tertiary/aromatic N) is 1. The molecule has 0 unspecified atom stereocenters. The van der Waals surface area contributed by atoms with Crippen LogP contribution in [0.25, 0.3) is 0 Å². The first-order valence-electron chi connectivity index (χ1n) is 10.7. The van der Waals surface area contributed by atoms with Crippen molar-refractivity contribution in [2.75, 3.05) is 23.3 Å². The molecule has 0 bridgehead atoms. The first-order valence-corrected chi connectivity index (χ1v) is 12.1. The van der Waals surface area contributed by atoms with E-state index in [1.54, 1.807) is 37.1 Å². The average molecular weight is 467 g/mol. The number of likely N-dealkylation sites (N-methyl/N-ethyl adjacent to an activating group) is 1. The van der Waals surface area contributed by atoms with Gasteiger partial charge in [-0.15, -0.1) is 0 Å². The zero-order chi connectivity index (χ0) is 24.3. The summed E-state index contributed by atoms with van der Waals surface area (Å²) in [6.45, 7) is 9.52. The fraction of sp³-hybridized carbons (Fsp3) is 0.269. The molecule has 174 valence electrons. The third kappa shape index (κ3) is 5.73. The summed E-state index contributed by atoms with van der Waals surface area (Å²) in [6.07, 6.45) is 0. The van der Waals surface area contributed by atoms with Crippen LogP contribution < -0.4 is 14.4 Å². The second kappa shape index (κ2) is 9.67. The van der Waals surface area contributed by atoms with Crippen LogP contribution in [0.4, 0.5) is 11.4 Å². The summed E-state index contributed by atoms with van der Waals surface area (Å²) >= 11 is 0. The number of rotatable bonds is 7. The summed E-state index contributed by atoms with van der Waals surface area (Å²) in [5.74, 6) is 0.257. The van der Waals surface area contributed by atoms with Gasteiger partial charge in [0.05, 0.1) is 4.90 Å². The monoisotopic (exact) mass is 466 g/mol. The highest BCUT2D eigenvalue weighted by Crippen LogP contribution is 2.25. The van der Waals surface area contributed by atoms with Crippen LogP contribution in [0.5, 0.6) is 5.75 Å². The van der Waals surface area contributed by atoms with Gasteiger partial charge in [0.15, 0.2) is 6.61 Å². The summed E-state index contributed by atoms with van der Waals surface area (Å²) in [4.78, 5) is 14.3. The Hall–Kier alpha value is -3.32. The van der Waals surface area contributed by atoms with E-state index in [1.807, 2.05) is 52.0 Å². The van der Waals surface area contributed by atoms with Crippen LogP contribution in [0, 0.1) is 34.6 Å². The van der Waals surface area contributed by atoms with Crippen LogP contribution in [-0.2, 0) is 14.8 Å². The molecular weight excluding hydrogens is 436 g/mol. The summed E-state index contributed by atoms with van der Waals surface area (Å²) < 4.78 is 33.9. The molecule has 0 saturated carbocycles. The lowest BCUT2D eigenvalue weighted by atomic mass is 10.1. The van der Waals surface area contributed by atoms with E-state index in [1.165, 1.54) is 12.1 Å². The van der Waals surface area contributed by atoms with Gasteiger partial charge in [0.1, 0.15) is 5.75 Å². The summed E-state index contributed by atoms with van der Waals surface area (Å²) in [5, 5.41) is 0. The van der Waals surface area contributed by atoms with Gasteiger partial charge in [-0.3, -0.25) is 9.52 Å². The molecule has 0 spiro atoms. The van der Waals surface area contributed by atoms with Gasteiger partial charge in [-0.1, -0.05) is 12.1 Å². The Morgan fingerprint density at radius 2 is 1.45 bits per heavy atom. The van der Waals surface area contributed by atoms with Crippen molar-refractivity contribution >= 4 is 27.3 Å². The second-order valence-electron chi connectivity index (χ2n) is 8.34. The number of sulfonamides is 1. The lowest BCUT2D eigenvalue weighted by molar-refractivity contribution is -0.120. The molecule has 7 heteroatoms. The zero-order valence-electron chi connectivity index (χ0n) is 19.9. The summed E-state index contributed by atoms with van der Waals surface area (Å²) in [5.41, 5.74) is 6.29. The average Bonchev–Trinajstić information content (AvgIpc) is 2.76. The Balaban J connectivity index is 1.69.